The van der Waals surface area contributed by atoms with Gasteiger partial charge in [-0.3, -0.25) is 4.79 Å². The number of amides is 1. The Hall–Kier alpha value is -2.34. The van der Waals surface area contributed by atoms with Crippen molar-refractivity contribution in [3.63, 3.8) is 0 Å². The van der Waals surface area contributed by atoms with E-state index in [1.165, 1.54) is 10.9 Å². The highest BCUT2D eigenvalue weighted by Gasteiger charge is 2.12. The summed E-state index contributed by atoms with van der Waals surface area (Å²) in [6.45, 7) is 4.57. The fourth-order valence-electron chi connectivity index (χ4n) is 1.23. The molecule has 0 aromatic carbocycles. The molecule has 6 nitrogen and oxygen atoms in total. The lowest BCUT2D eigenvalue weighted by atomic mass is 10.2. The van der Waals surface area contributed by atoms with Crippen molar-refractivity contribution in [2.75, 3.05) is 6.54 Å². The maximum Gasteiger partial charge on any atom is 0.240 e. The first-order chi connectivity index (χ1) is 8.08. The summed E-state index contributed by atoms with van der Waals surface area (Å²) in [5.41, 5.74) is 0.163. The number of imidazole rings is 1. The van der Waals surface area contributed by atoms with Crippen LogP contribution in [0.2, 0.25) is 0 Å². The number of hydrogen-bond donors (Lipinski definition) is 1. The lowest BCUT2D eigenvalue weighted by molar-refractivity contribution is -0.121. The molecule has 88 valence electrons. The Labute approximate surface area is 99.5 Å². The molecule has 1 N–H and O–H groups in total. The second-order valence-corrected chi connectivity index (χ2v) is 3.99. The van der Waals surface area contributed by atoms with Gasteiger partial charge in [0.15, 0.2) is 11.4 Å². The number of carbonyl (C=O) groups is 1. The molecule has 0 radical (unpaired) electrons. The van der Waals surface area contributed by atoms with Crippen LogP contribution in [0.1, 0.15) is 25.2 Å². The van der Waals surface area contributed by atoms with Gasteiger partial charge in [0.05, 0.1) is 6.33 Å². The van der Waals surface area contributed by atoms with Gasteiger partial charge in [-0.2, -0.15) is 10.5 Å². The van der Waals surface area contributed by atoms with Crippen molar-refractivity contribution in [3.8, 4) is 12.1 Å². The molecule has 1 amide bonds. The van der Waals surface area contributed by atoms with Crippen LogP contribution in [0, 0.1) is 28.6 Å². The van der Waals surface area contributed by atoms with Crippen molar-refractivity contribution in [2.24, 2.45) is 5.92 Å². The molecule has 1 aromatic rings. The average molecular weight is 231 g/mol. The van der Waals surface area contributed by atoms with Crippen LogP contribution in [0.15, 0.2) is 6.33 Å². The van der Waals surface area contributed by atoms with Crippen molar-refractivity contribution in [3.05, 3.63) is 17.7 Å². The molecule has 17 heavy (non-hydrogen) atoms. The third-order valence-electron chi connectivity index (χ3n) is 2.07. The Bertz CT molecular complexity index is 489. The molecule has 0 saturated heterocycles. The maximum atomic E-state index is 11.5. The van der Waals surface area contributed by atoms with Crippen molar-refractivity contribution in [1.29, 1.82) is 10.5 Å². The van der Waals surface area contributed by atoms with E-state index in [0.717, 1.165) is 0 Å². The highest BCUT2D eigenvalue weighted by atomic mass is 16.1. The van der Waals surface area contributed by atoms with Gasteiger partial charge in [-0.25, -0.2) is 4.98 Å². The van der Waals surface area contributed by atoms with Gasteiger partial charge in [-0.05, 0) is 5.92 Å². The molecule has 1 rings (SSSR count). The van der Waals surface area contributed by atoms with Gasteiger partial charge < -0.3 is 9.88 Å². The average Bonchev–Trinajstić information content (AvgIpc) is 2.68. The normalized spacial score (nSPS) is 9.71. The highest BCUT2D eigenvalue weighted by molar-refractivity contribution is 5.75. The molecule has 1 heterocycles. The van der Waals surface area contributed by atoms with Crippen molar-refractivity contribution < 1.29 is 4.79 Å². The molecule has 0 atom stereocenters. The Balaban J connectivity index is 2.70. The van der Waals surface area contributed by atoms with E-state index in [9.17, 15) is 4.79 Å². The summed E-state index contributed by atoms with van der Waals surface area (Å²) in [6, 6.07) is 3.67. The molecule has 0 aliphatic carbocycles. The summed E-state index contributed by atoms with van der Waals surface area (Å²) in [7, 11) is 0. The second kappa shape index (κ2) is 5.66. The molecule has 0 spiro atoms. The predicted molar refractivity (Wildman–Crippen MR) is 59.5 cm³/mol. The minimum atomic E-state index is -0.197. The smallest absolute Gasteiger partial charge is 0.240 e. The van der Waals surface area contributed by atoms with Gasteiger partial charge in [-0.1, -0.05) is 13.8 Å². The zero-order valence-corrected chi connectivity index (χ0v) is 9.77. The van der Waals surface area contributed by atoms with Gasteiger partial charge in [0.25, 0.3) is 0 Å². The van der Waals surface area contributed by atoms with Gasteiger partial charge in [0.2, 0.25) is 5.91 Å². The quantitative estimate of drug-likeness (QED) is 0.811. The lowest BCUT2D eigenvalue weighted by Gasteiger charge is -2.08. The molecular weight excluding hydrogens is 218 g/mol. The molecule has 0 aliphatic rings. The minimum absolute atomic E-state index is 0.00426. The van der Waals surface area contributed by atoms with E-state index in [2.05, 4.69) is 10.3 Å². The predicted octanol–water partition coefficient (Wildman–Crippen LogP) is 0.399. The number of nitrogens with one attached hydrogen (secondary N) is 1. The van der Waals surface area contributed by atoms with Crippen molar-refractivity contribution in [1.82, 2.24) is 14.9 Å². The molecular formula is C11H13N5O. The first-order valence-corrected chi connectivity index (χ1v) is 5.20. The van der Waals surface area contributed by atoms with Crippen molar-refractivity contribution >= 4 is 5.91 Å². The number of carbonyl (C=O) groups excluding carboxylic acids is 1. The summed E-state index contributed by atoms with van der Waals surface area (Å²) in [4.78, 5) is 15.3. The number of rotatable bonds is 4. The molecule has 0 aliphatic heterocycles. The number of hydrogen-bond acceptors (Lipinski definition) is 4. The van der Waals surface area contributed by atoms with Crippen LogP contribution in [-0.4, -0.2) is 22.0 Å². The zero-order chi connectivity index (χ0) is 12.8. The van der Waals surface area contributed by atoms with E-state index in [1.54, 1.807) is 6.07 Å². The minimum Gasteiger partial charge on any atom is -0.354 e. The third kappa shape index (κ3) is 3.32. The summed E-state index contributed by atoms with van der Waals surface area (Å²) in [5, 5.41) is 20.3. The summed E-state index contributed by atoms with van der Waals surface area (Å²) >= 11 is 0. The van der Waals surface area contributed by atoms with Crippen LogP contribution in [0.4, 0.5) is 0 Å². The highest BCUT2D eigenvalue weighted by Crippen LogP contribution is 2.04. The number of nitriles is 2. The van der Waals surface area contributed by atoms with Gasteiger partial charge in [0.1, 0.15) is 18.7 Å². The van der Waals surface area contributed by atoms with Crippen LogP contribution < -0.4 is 5.32 Å². The monoisotopic (exact) mass is 231 g/mol. The summed E-state index contributed by atoms with van der Waals surface area (Å²) in [6.07, 6.45) is 1.33. The Morgan fingerprint density at radius 3 is 2.76 bits per heavy atom. The van der Waals surface area contributed by atoms with E-state index < -0.39 is 0 Å². The van der Waals surface area contributed by atoms with Crippen LogP contribution in [-0.2, 0) is 11.3 Å². The van der Waals surface area contributed by atoms with Gasteiger partial charge in [0, 0.05) is 6.54 Å². The largest absolute Gasteiger partial charge is 0.354 e. The molecule has 0 saturated carbocycles. The van der Waals surface area contributed by atoms with Crippen LogP contribution >= 0.6 is 0 Å². The van der Waals surface area contributed by atoms with E-state index in [-0.39, 0.29) is 23.8 Å². The van der Waals surface area contributed by atoms with E-state index in [0.29, 0.717) is 12.5 Å². The fourth-order valence-corrected chi connectivity index (χ4v) is 1.23. The summed E-state index contributed by atoms with van der Waals surface area (Å²) < 4.78 is 1.37. The van der Waals surface area contributed by atoms with Gasteiger partial charge >= 0.3 is 0 Å². The Kier molecular flexibility index (Phi) is 4.24. The third-order valence-corrected chi connectivity index (χ3v) is 2.07. The second-order valence-electron chi connectivity index (χ2n) is 3.99. The standard InChI is InChI=1S/C11H13N5O/c1-8(2)5-14-11(17)6-16-7-15-9(3-12)10(16)4-13/h7-8H,5-6H2,1-2H3,(H,14,17). The number of nitrogens with zero attached hydrogens (tertiary/aromatic N) is 4. The topological polar surface area (TPSA) is 94.5 Å². The fraction of sp³-hybridized carbons (Fsp3) is 0.455. The van der Waals surface area contributed by atoms with Crippen LogP contribution in [0.25, 0.3) is 0 Å². The van der Waals surface area contributed by atoms with Crippen LogP contribution in [0.5, 0.6) is 0 Å². The van der Waals surface area contributed by atoms with Gasteiger partial charge in [-0.15, -0.1) is 0 Å². The Morgan fingerprint density at radius 2 is 2.24 bits per heavy atom. The first kappa shape index (κ1) is 12.7. The number of aromatic nitrogens is 2. The first-order valence-electron chi connectivity index (χ1n) is 5.20. The van der Waals surface area contributed by atoms with E-state index in [1.807, 2.05) is 19.9 Å². The SMILES string of the molecule is CC(C)CNC(=O)Cn1cnc(C#N)c1C#N. The maximum absolute atomic E-state index is 11.5. The molecule has 0 unspecified atom stereocenters. The Morgan fingerprint density at radius 1 is 1.53 bits per heavy atom. The molecule has 0 bridgehead atoms. The molecule has 6 heteroatoms. The van der Waals surface area contributed by atoms with E-state index >= 15 is 0 Å². The summed E-state index contributed by atoms with van der Waals surface area (Å²) in [5.74, 6) is 0.170. The van der Waals surface area contributed by atoms with Crippen molar-refractivity contribution in [2.45, 2.75) is 20.4 Å². The molecule has 1 aromatic heterocycles. The zero-order valence-electron chi connectivity index (χ0n) is 9.77. The van der Waals surface area contributed by atoms with Crippen LogP contribution in [0.3, 0.4) is 0 Å². The van der Waals surface area contributed by atoms with E-state index in [4.69, 9.17) is 10.5 Å². The lowest BCUT2D eigenvalue weighted by Crippen LogP contribution is -2.30. The molecule has 0 fully saturated rings.